The molecule has 0 unspecified atom stereocenters. The van der Waals surface area contributed by atoms with Crippen LogP contribution in [-0.2, 0) is 17.9 Å². The molecule has 4 rings (SSSR count). The summed E-state index contributed by atoms with van der Waals surface area (Å²) in [5, 5.41) is 15.4. The predicted molar refractivity (Wildman–Crippen MR) is 140 cm³/mol. The number of hydrogen-bond acceptors (Lipinski definition) is 6. The van der Waals surface area contributed by atoms with Crippen LogP contribution in [0.3, 0.4) is 0 Å². The Morgan fingerprint density at radius 1 is 0.971 bits per heavy atom. The highest BCUT2D eigenvalue weighted by Gasteiger charge is 2.26. The van der Waals surface area contributed by atoms with Crippen LogP contribution in [0.5, 0.6) is 0 Å². The second-order valence-electron chi connectivity index (χ2n) is 9.97. The summed E-state index contributed by atoms with van der Waals surface area (Å²) in [6.07, 6.45) is 3.04. The second-order valence-corrected chi connectivity index (χ2v) is 9.97. The van der Waals surface area contributed by atoms with Crippen LogP contribution in [0.25, 0.3) is 11.3 Å². The van der Waals surface area contributed by atoms with E-state index in [0.29, 0.717) is 32.2 Å². The van der Waals surface area contributed by atoms with E-state index in [1.54, 1.807) is 0 Å². The van der Waals surface area contributed by atoms with Crippen molar-refractivity contribution in [2.24, 2.45) is 5.92 Å². The van der Waals surface area contributed by atoms with Gasteiger partial charge in [-0.2, -0.15) is 0 Å². The number of aromatic nitrogens is 1. The maximum Gasteiger partial charge on any atom is 0.232 e. The van der Waals surface area contributed by atoms with Gasteiger partial charge >= 0.3 is 0 Å². The molecular weight excluding hydrogens is 438 g/mol. The van der Waals surface area contributed by atoms with Crippen molar-refractivity contribution in [3.63, 3.8) is 0 Å². The molecular formula is C29H39N3O3. The van der Waals surface area contributed by atoms with Crippen molar-refractivity contribution in [1.82, 2.24) is 10.1 Å². The minimum Gasteiger partial charge on any atom is -0.389 e. The highest BCUT2D eigenvalue weighted by molar-refractivity contribution is 5.68. The standard InChI is InChI=1S/C29H39N3O3/c1-23(2)18-31(19-26(33)22-34-21-24-12-6-3-7-13-24)20-27-28(25-14-8-4-9-15-25)30-35-29(27)32-16-10-5-11-17-32/h3-4,6-9,12-15,23,26,33H,5,10-11,16-22H2,1-2H3/t26-/m0/s1. The quantitative estimate of drug-likeness (QED) is 0.379. The summed E-state index contributed by atoms with van der Waals surface area (Å²) >= 11 is 0. The summed E-state index contributed by atoms with van der Waals surface area (Å²) in [7, 11) is 0. The monoisotopic (exact) mass is 477 g/mol. The lowest BCUT2D eigenvalue weighted by molar-refractivity contribution is 0.00680. The van der Waals surface area contributed by atoms with E-state index in [4.69, 9.17) is 9.26 Å². The van der Waals surface area contributed by atoms with E-state index in [2.05, 4.69) is 40.9 Å². The van der Waals surface area contributed by atoms with Crippen molar-refractivity contribution in [3.8, 4) is 11.3 Å². The van der Waals surface area contributed by atoms with E-state index in [1.165, 1.54) is 19.3 Å². The van der Waals surface area contributed by atoms with Crippen molar-refractivity contribution in [3.05, 3.63) is 71.8 Å². The SMILES string of the molecule is CC(C)CN(Cc1c(-c2ccccc2)noc1N1CCCCC1)C[C@H](O)COCc1ccccc1. The van der Waals surface area contributed by atoms with Crippen molar-refractivity contribution in [2.75, 3.05) is 37.7 Å². The van der Waals surface area contributed by atoms with Crippen LogP contribution in [0.1, 0.15) is 44.2 Å². The second kappa shape index (κ2) is 12.9. The highest BCUT2D eigenvalue weighted by atomic mass is 16.5. The van der Waals surface area contributed by atoms with E-state index in [9.17, 15) is 5.11 Å². The summed E-state index contributed by atoms with van der Waals surface area (Å²) in [6.45, 7) is 9.30. The smallest absolute Gasteiger partial charge is 0.232 e. The molecule has 1 atom stereocenters. The maximum absolute atomic E-state index is 10.8. The molecule has 1 aliphatic heterocycles. The van der Waals surface area contributed by atoms with Gasteiger partial charge < -0.3 is 19.3 Å². The number of benzene rings is 2. The zero-order valence-electron chi connectivity index (χ0n) is 21.1. The van der Waals surface area contributed by atoms with E-state index in [-0.39, 0.29) is 0 Å². The lowest BCUT2D eigenvalue weighted by atomic mass is 10.0. The van der Waals surface area contributed by atoms with Gasteiger partial charge in [0.1, 0.15) is 5.69 Å². The van der Waals surface area contributed by atoms with Gasteiger partial charge in [0.05, 0.1) is 24.9 Å². The van der Waals surface area contributed by atoms with Gasteiger partial charge in [0, 0.05) is 38.3 Å². The van der Waals surface area contributed by atoms with Crippen LogP contribution >= 0.6 is 0 Å². The minimum absolute atomic E-state index is 0.303. The number of aliphatic hydroxyl groups is 1. The van der Waals surface area contributed by atoms with Crippen molar-refractivity contribution in [1.29, 1.82) is 0 Å². The number of ether oxygens (including phenoxy) is 1. The molecule has 0 radical (unpaired) electrons. The third-order valence-corrected chi connectivity index (χ3v) is 6.35. The zero-order valence-corrected chi connectivity index (χ0v) is 21.1. The Bertz CT molecular complexity index is 1000. The molecule has 2 aromatic carbocycles. The van der Waals surface area contributed by atoms with Crippen LogP contribution in [-0.4, -0.2) is 54.1 Å². The average Bonchev–Trinajstić information content (AvgIpc) is 3.28. The van der Waals surface area contributed by atoms with E-state index in [0.717, 1.165) is 47.9 Å². The first-order valence-corrected chi connectivity index (χ1v) is 12.9. The lowest BCUT2D eigenvalue weighted by Gasteiger charge is -2.30. The first kappa shape index (κ1) is 25.4. The van der Waals surface area contributed by atoms with Gasteiger partial charge in [0.15, 0.2) is 0 Å². The molecule has 1 saturated heterocycles. The summed E-state index contributed by atoms with van der Waals surface area (Å²) in [5.74, 6) is 1.35. The van der Waals surface area contributed by atoms with Crippen LogP contribution in [0, 0.1) is 5.92 Å². The normalized spacial score (nSPS) is 15.2. The Balaban J connectivity index is 1.49. The molecule has 0 amide bonds. The maximum atomic E-state index is 10.8. The van der Waals surface area contributed by atoms with Gasteiger partial charge in [-0.25, -0.2) is 0 Å². The molecule has 3 aromatic rings. The lowest BCUT2D eigenvalue weighted by Crippen LogP contribution is -2.37. The van der Waals surface area contributed by atoms with Crippen LogP contribution < -0.4 is 4.90 Å². The third-order valence-electron chi connectivity index (χ3n) is 6.35. The first-order valence-electron chi connectivity index (χ1n) is 12.9. The Morgan fingerprint density at radius 2 is 1.66 bits per heavy atom. The molecule has 1 N–H and O–H groups in total. The van der Waals surface area contributed by atoms with Gasteiger partial charge in [-0.1, -0.05) is 79.7 Å². The summed E-state index contributed by atoms with van der Waals surface area (Å²) in [6, 6.07) is 20.3. The van der Waals surface area contributed by atoms with Crippen LogP contribution in [0.4, 0.5) is 5.88 Å². The Kier molecular flexibility index (Phi) is 9.35. The van der Waals surface area contributed by atoms with Gasteiger partial charge in [-0.15, -0.1) is 0 Å². The van der Waals surface area contributed by atoms with Crippen LogP contribution in [0.2, 0.25) is 0 Å². The molecule has 6 nitrogen and oxygen atoms in total. The molecule has 0 aliphatic carbocycles. The average molecular weight is 478 g/mol. The fourth-order valence-electron chi connectivity index (χ4n) is 4.79. The van der Waals surface area contributed by atoms with Gasteiger partial charge in [0.2, 0.25) is 5.88 Å². The number of nitrogens with zero attached hydrogens (tertiary/aromatic N) is 3. The molecule has 0 bridgehead atoms. The van der Waals surface area contributed by atoms with Crippen molar-refractivity contribution in [2.45, 2.75) is 52.4 Å². The molecule has 0 spiro atoms. The molecule has 188 valence electrons. The van der Waals surface area contributed by atoms with Gasteiger partial charge in [0.25, 0.3) is 0 Å². The molecule has 0 saturated carbocycles. The fourth-order valence-corrected chi connectivity index (χ4v) is 4.79. The fraction of sp³-hybridized carbons (Fsp3) is 0.483. The Labute approximate surface area is 209 Å². The first-order chi connectivity index (χ1) is 17.1. The Hall–Kier alpha value is -2.67. The van der Waals surface area contributed by atoms with Gasteiger partial charge in [-0.05, 0) is 30.7 Å². The number of anilines is 1. The van der Waals surface area contributed by atoms with E-state index >= 15 is 0 Å². The Morgan fingerprint density at radius 3 is 2.34 bits per heavy atom. The van der Waals surface area contributed by atoms with Gasteiger partial charge in [-0.3, -0.25) is 4.90 Å². The molecule has 1 fully saturated rings. The van der Waals surface area contributed by atoms with Crippen LogP contribution in [0.15, 0.2) is 65.2 Å². The summed E-state index contributed by atoms with van der Waals surface area (Å²) in [5.41, 5.74) is 4.18. The molecule has 1 aliphatic rings. The minimum atomic E-state index is -0.573. The zero-order chi connectivity index (χ0) is 24.5. The number of aliphatic hydroxyl groups excluding tert-OH is 1. The molecule has 1 aromatic heterocycles. The molecule has 35 heavy (non-hydrogen) atoms. The third kappa shape index (κ3) is 7.40. The van der Waals surface area contributed by atoms with E-state index < -0.39 is 6.10 Å². The number of hydrogen-bond donors (Lipinski definition) is 1. The summed E-state index contributed by atoms with van der Waals surface area (Å²) in [4.78, 5) is 4.65. The largest absolute Gasteiger partial charge is 0.389 e. The molecule has 6 heteroatoms. The summed E-state index contributed by atoms with van der Waals surface area (Å²) < 4.78 is 11.8. The molecule has 2 heterocycles. The highest BCUT2D eigenvalue weighted by Crippen LogP contribution is 2.34. The van der Waals surface area contributed by atoms with E-state index in [1.807, 2.05) is 48.5 Å². The topological polar surface area (TPSA) is 62.0 Å². The predicted octanol–water partition coefficient (Wildman–Crippen LogP) is 5.37. The number of piperidine rings is 1. The van der Waals surface area contributed by atoms with Crippen molar-refractivity contribution < 1.29 is 14.4 Å². The van der Waals surface area contributed by atoms with Crippen molar-refractivity contribution >= 4 is 5.88 Å². The number of rotatable bonds is 12.